The van der Waals surface area contributed by atoms with E-state index in [1.807, 2.05) is 0 Å². The Bertz CT molecular complexity index is 140. The summed E-state index contributed by atoms with van der Waals surface area (Å²) < 4.78 is 0. The van der Waals surface area contributed by atoms with Crippen LogP contribution in [0.2, 0.25) is 0 Å². The Morgan fingerprint density at radius 3 is 2.91 bits per heavy atom. The highest BCUT2D eigenvalue weighted by Gasteiger charge is 2.40. The average Bonchev–Trinajstić information content (AvgIpc) is 2.62. The summed E-state index contributed by atoms with van der Waals surface area (Å²) in [6.07, 6.45) is 5.81. The van der Waals surface area contributed by atoms with E-state index in [0.29, 0.717) is 0 Å². The van der Waals surface area contributed by atoms with Crippen molar-refractivity contribution in [3.8, 4) is 0 Å². The molecule has 0 bridgehead atoms. The van der Waals surface area contributed by atoms with Gasteiger partial charge in [-0.15, -0.1) is 0 Å². The van der Waals surface area contributed by atoms with Crippen molar-refractivity contribution in [2.24, 2.45) is 11.3 Å². The third-order valence-corrected chi connectivity index (χ3v) is 4.27. The van der Waals surface area contributed by atoms with Crippen LogP contribution in [-0.4, -0.2) is 18.4 Å². The lowest BCUT2D eigenvalue weighted by Gasteiger charge is -2.21. The van der Waals surface area contributed by atoms with Crippen molar-refractivity contribution in [2.75, 3.05) is 18.4 Å². The lowest BCUT2D eigenvalue weighted by atomic mass is 9.85. The zero-order chi connectivity index (χ0) is 7.73. The molecule has 1 heterocycles. The number of nitrogens with one attached hydrogen (secondary N) is 1. The zero-order valence-corrected chi connectivity index (χ0v) is 8.49. The summed E-state index contributed by atoms with van der Waals surface area (Å²) >= 11 is 3.59. The molecule has 64 valence electrons. The summed E-state index contributed by atoms with van der Waals surface area (Å²) in [6.45, 7) is 2.55. The second-order valence-corrected chi connectivity index (χ2v) is 4.84. The molecule has 2 rings (SSSR count). The summed E-state index contributed by atoms with van der Waals surface area (Å²) in [5.41, 5.74) is 0.721. The summed E-state index contributed by atoms with van der Waals surface area (Å²) in [7, 11) is 0. The van der Waals surface area contributed by atoms with Gasteiger partial charge in [-0.3, -0.25) is 0 Å². The average molecular weight is 218 g/mol. The van der Waals surface area contributed by atoms with Crippen LogP contribution in [0.1, 0.15) is 25.7 Å². The second kappa shape index (κ2) is 3.06. The number of hydrogen-bond donors (Lipinski definition) is 1. The molecule has 2 aliphatic rings. The fourth-order valence-electron chi connectivity index (χ4n) is 2.64. The predicted octanol–water partition coefficient (Wildman–Crippen LogP) is 2.16. The SMILES string of the molecule is BrC[C@@H]1CC[C@]2(CCNC2)C1. The predicted molar refractivity (Wildman–Crippen MR) is 51.1 cm³/mol. The molecule has 0 amide bonds. The first-order valence-electron chi connectivity index (χ1n) is 4.61. The Balaban J connectivity index is 1.96. The van der Waals surface area contributed by atoms with Crippen molar-refractivity contribution in [1.29, 1.82) is 0 Å². The maximum Gasteiger partial charge on any atom is 0.00598 e. The summed E-state index contributed by atoms with van der Waals surface area (Å²) in [5, 5.41) is 4.70. The van der Waals surface area contributed by atoms with Crippen LogP contribution in [0.15, 0.2) is 0 Å². The number of halogens is 1. The smallest absolute Gasteiger partial charge is 0.00598 e. The van der Waals surface area contributed by atoms with Crippen LogP contribution >= 0.6 is 15.9 Å². The molecule has 1 N–H and O–H groups in total. The molecule has 1 spiro atoms. The standard InChI is InChI=1S/C9H16BrN/c10-6-8-1-2-9(5-8)3-4-11-7-9/h8,11H,1-7H2/t8-,9+/m1/s1. The van der Waals surface area contributed by atoms with Crippen molar-refractivity contribution in [1.82, 2.24) is 5.32 Å². The van der Waals surface area contributed by atoms with E-state index in [4.69, 9.17) is 0 Å². The van der Waals surface area contributed by atoms with Crippen molar-refractivity contribution < 1.29 is 0 Å². The highest BCUT2D eigenvalue weighted by atomic mass is 79.9. The van der Waals surface area contributed by atoms with Crippen molar-refractivity contribution >= 4 is 15.9 Å². The normalized spacial score (nSPS) is 43.9. The highest BCUT2D eigenvalue weighted by Crippen LogP contribution is 2.46. The van der Waals surface area contributed by atoms with E-state index in [1.165, 1.54) is 44.1 Å². The van der Waals surface area contributed by atoms with Gasteiger partial charge in [-0.25, -0.2) is 0 Å². The van der Waals surface area contributed by atoms with Crippen LogP contribution in [0.5, 0.6) is 0 Å². The Morgan fingerprint density at radius 2 is 2.36 bits per heavy atom. The van der Waals surface area contributed by atoms with Crippen molar-refractivity contribution in [3.05, 3.63) is 0 Å². The maximum absolute atomic E-state index is 3.59. The minimum Gasteiger partial charge on any atom is -0.316 e. The number of hydrogen-bond acceptors (Lipinski definition) is 1. The molecule has 2 atom stereocenters. The van der Waals surface area contributed by atoms with Gasteiger partial charge in [-0.1, -0.05) is 15.9 Å². The largest absolute Gasteiger partial charge is 0.316 e. The summed E-state index contributed by atoms with van der Waals surface area (Å²) in [5.74, 6) is 0.967. The molecule has 2 fully saturated rings. The van der Waals surface area contributed by atoms with Crippen LogP contribution in [-0.2, 0) is 0 Å². The van der Waals surface area contributed by atoms with Gasteiger partial charge < -0.3 is 5.32 Å². The van der Waals surface area contributed by atoms with E-state index in [0.717, 1.165) is 11.3 Å². The van der Waals surface area contributed by atoms with Gasteiger partial charge in [-0.2, -0.15) is 0 Å². The molecule has 0 aromatic rings. The van der Waals surface area contributed by atoms with E-state index < -0.39 is 0 Å². The molecular formula is C9H16BrN. The van der Waals surface area contributed by atoms with Crippen LogP contribution in [0.3, 0.4) is 0 Å². The van der Waals surface area contributed by atoms with E-state index in [9.17, 15) is 0 Å². The number of alkyl halides is 1. The van der Waals surface area contributed by atoms with Crippen LogP contribution in [0.4, 0.5) is 0 Å². The van der Waals surface area contributed by atoms with Gasteiger partial charge in [0.2, 0.25) is 0 Å². The van der Waals surface area contributed by atoms with Gasteiger partial charge in [0.25, 0.3) is 0 Å². The first kappa shape index (κ1) is 8.06. The summed E-state index contributed by atoms with van der Waals surface area (Å²) in [4.78, 5) is 0. The van der Waals surface area contributed by atoms with Crippen LogP contribution in [0.25, 0.3) is 0 Å². The molecule has 1 saturated heterocycles. The molecule has 1 aliphatic heterocycles. The maximum atomic E-state index is 3.59. The Labute approximate surface area is 77.1 Å². The van der Waals surface area contributed by atoms with E-state index >= 15 is 0 Å². The molecule has 11 heavy (non-hydrogen) atoms. The molecule has 0 aromatic heterocycles. The molecule has 0 aromatic carbocycles. The molecule has 1 nitrogen and oxygen atoms in total. The lowest BCUT2D eigenvalue weighted by Crippen LogP contribution is -2.20. The fraction of sp³-hybridized carbons (Fsp3) is 1.00. The van der Waals surface area contributed by atoms with Crippen molar-refractivity contribution in [2.45, 2.75) is 25.7 Å². The zero-order valence-electron chi connectivity index (χ0n) is 6.91. The van der Waals surface area contributed by atoms with Gasteiger partial charge in [0.05, 0.1) is 0 Å². The van der Waals surface area contributed by atoms with Crippen LogP contribution in [0, 0.1) is 11.3 Å². The van der Waals surface area contributed by atoms with Gasteiger partial charge in [0, 0.05) is 11.9 Å². The molecule has 2 heteroatoms. The molecule has 0 radical (unpaired) electrons. The van der Waals surface area contributed by atoms with Gasteiger partial charge in [0.15, 0.2) is 0 Å². The van der Waals surface area contributed by atoms with E-state index in [2.05, 4.69) is 21.2 Å². The monoisotopic (exact) mass is 217 g/mol. The third kappa shape index (κ3) is 1.48. The van der Waals surface area contributed by atoms with Gasteiger partial charge >= 0.3 is 0 Å². The second-order valence-electron chi connectivity index (χ2n) is 4.19. The minimum atomic E-state index is 0.721. The van der Waals surface area contributed by atoms with E-state index in [-0.39, 0.29) is 0 Å². The van der Waals surface area contributed by atoms with Crippen LogP contribution < -0.4 is 5.32 Å². The van der Waals surface area contributed by atoms with E-state index in [1.54, 1.807) is 0 Å². The molecular weight excluding hydrogens is 202 g/mol. The molecule has 0 unspecified atom stereocenters. The highest BCUT2D eigenvalue weighted by molar-refractivity contribution is 9.09. The Hall–Kier alpha value is 0.440. The Kier molecular flexibility index (Phi) is 2.24. The topological polar surface area (TPSA) is 12.0 Å². The third-order valence-electron chi connectivity index (χ3n) is 3.35. The molecule has 1 aliphatic carbocycles. The van der Waals surface area contributed by atoms with Gasteiger partial charge in [-0.05, 0) is 43.6 Å². The van der Waals surface area contributed by atoms with Gasteiger partial charge in [0.1, 0.15) is 0 Å². The molecule has 1 saturated carbocycles. The summed E-state index contributed by atoms with van der Waals surface area (Å²) in [6, 6.07) is 0. The Morgan fingerprint density at radius 1 is 1.45 bits per heavy atom. The lowest BCUT2D eigenvalue weighted by molar-refractivity contribution is 0.325. The first-order valence-corrected chi connectivity index (χ1v) is 5.73. The first-order chi connectivity index (χ1) is 5.35. The number of rotatable bonds is 1. The minimum absolute atomic E-state index is 0.721. The fourth-order valence-corrected chi connectivity index (χ4v) is 3.19. The van der Waals surface area contributed by atoms with Crippen molar-refractivity contribution in [3.63, 3.8) is 0 Å². The quantitative estimate of drug-likeness (QED) is 0.665.